The van der Waals surface area contributed by atoms with Crippen molar-refractivity contribution in [2.24, 2.45) is 5.73 Å². The summed E-state index contributed by atoms with van der Waals surface area (Å²) in [4.78, 5) is 2.02. The first-order valence-corrected chi connectivity index (χ1v) is 8.48. The molecule has 1 heterocycles. The predicted octanol–water partition coefficient (Wildman–Crippen LogP) is 0.976. The highest BCUT2D eigenvalue weighted by molar-refractivity contribution is 8.35. The number of morpholine rings is 1. The average Bonchev–Trinajstić information content (AvgIpc) is 2.16. The van der Waals surface area contributed by atoms with Crippen LogP contribution in [0.2, 0.25) is 0 Å². The summed E-state index contributed by atoms with van der Waals surface area (Å²) < 4.78 is 5.43. The van der Waals surface area contributed by atoms with Crippen molar-refractivity contribution in [3.63, 3.8) is 0 Å². The van der Waals surface area contributed by atoms with Gasteiger partial charge in [0.2, 0.25) is 0 Å². The summed E-state index contributed by atoms with van der Waals surface area (Å²) in [6, 6.07) is 0.223. The van der Waals surface area contributed by atoms with Crippen molar-refractivity contribution in [2.75, 3.05) is 38.5 Å². The van der Waals surface area contributed by atoms with Crippen LogP contribution in [0, 0.1) is 11.2 Å². The summed E-state index contributed by atoms with van der Waals surface area (Å²) in [5.41, 5.74) is 5.67. The number of thiocarbonyl (C=S) groups is 1. The minimum atomic E-state index is -0.747. The quantitative estimate of drug-likeness (QED) is 0.563. The number of hydrogen-bond acceptors (Lipinski definition) is 2. The normalized spacial score (nSPS) is 22.2. The minimum absolute atomic E-state index is 0.223. The summed E-state index contributed by atoms with van der Waals surface area (Å²) in [5, 5.41) is 3.75. The van der Waals surface area contributed by atoms with E-state index in [4.69, 9.17) is 22.7 Å². The SMILES string of the molecule is CS(C)(C)C#CCC1COCCN1C(N)=S. The van der Waals surface area contributed by atoms with Gasteiger partial charge < -0.3 is 15.4 Å². The third-order valence-electron chi connectivity index (χ3n) is 2.23. The molecule has 0 radical (unpaired) electrons. The Morgan fingerprint density at radius 2 is 2.25 bits per heavy atom. The Kier molecular flexibility index (Phi) is 4.90. The van der Waals surface area contributed by atoms with Gasteiger partial charge in [0.05, 0.1) is 19.3 Å². The summed E-state index contributed by atoms with van der Waals surface area (Å²) >= 11 is 5.02. The zero-order chi connectivity index (χ0) is 12.2. The smallest absolute Gasteiger partial charge is 0.166 e. The molecular weight excluding hydrogens is 240 g/mol. The molecule has 92 valence electrons. The number of hydrogen-bond donors (Lipinski definition) is 1. The Morgan fingerprint density at radius 1 is 1.56 bits per heavy atom. The zero-order valence-corrected chi connectivity index (χ0v) is 11.8. The topological polar surface area (TPSA) is 38.5 Å². The van der Waals surface area contributed by atoms with E-state index in [0.29, 0.717) is 18.3 Å². The molecule has 0 spiro atoms. The van der Waals surface area contributed by atoms with Gasteiger partial charge in [-0.15, -0.1) is 0 Å². The standard InChI is InChI=1S/C11H20N2OS2/c1-16(2,3)8-4-5-10-9-14-7-6-13(10)11(12)15/h10H,5-7,9H2,1-3H3,(H2,12,15). The van der Waals surface area contributed by atoms with Gasteiger partial charge in [0.15, 0.2) is 5.11 Å². The summed E-state index contributed by atoms with van der Waals surface area (Å²) in [7, 11) is -0.747. The second kappa shape index (κ2) is 5.76. The third kappa shape index (κ3) is 4.60. The van der Waals surface area contributed by atoms with E-state index in [1.807, 2.05) is 4.90 Å². The Bertz CT molecular complexity index is 314. The Morgan fingerprint density at radius 3 is 2.81 bits per heavy atom. The van der Waals surface area contributed by atoms with Crippen molar-refractivity contribution in [2.45, 2.75) is 12.5 Å². The first kappa shape index (κ1) is 13.6. The van der Waals surface area contributed by atoms with Crippen molar-refractivity contribution in [1.29, 1.82) is 0 Å². The van der Waals surface area contributed by atoms with E-state index in [1.54, 1.807) is 0 Å². The lowest BCUT2D eigenvalue weighted by Gasteiger charge is -2.35. The minimum Gasteiger partial charge on any atom is -0.377 e. The summed E-state index contributed by atoms with van der Waals surface area (Å²) in [5.74, 6) is 3.23. The fourth-order valence-corrected chi connectivity index (χ4v) is 2.25. The van der Waals surface area contributed by atoms with E-state index in [2.05, 4.69) is 29.9 Å². The lowest BCUT2D eigenvalue weighted by atomic mass is 10.2. The first-order chi connectivity index (χ1) is 7.40. The first-order valence-electron chi connectivity index (χ1n) is 5.22. The van der Waals surface area contributed by atoms with Crippen molar-refractivity contribution >= 4 is 27.4 Å². The van der Waals surface area contributed by atoms with E-state index in [-0.39, 0.29) is 6.04 Å². The molecule has 3 nitrogen and oxygen atoms in total. The molecule has 0 amide bonds. The molecule has 0 aromatic rings. The van der Waals surface area contributed by atoms with Crippen molar-refractivity contribution < 1.29 is 4.74 Å². The van der Waals surface area contributed by atoms with Crippen molar-refractivity contribution in [3.05, 3.63) is 0 Å². The van der Waals surface area contributed by atoms with E-state index < -0.39 is 10.0 Å². The highest BCUT2D eigenvalue weighted by atomic mass is 32.3. The molecule has 0 saturated carbocycles. The van der Waals surface area contributed by atoms with E-state index in [9.17, 15) is 0 Å². The monoisotopic (exact) mass is 260 g/mol. The van der Waals surface area contributed by atoms with Crippen LogP contribution in [0.1, 0.15) is 6.42 Å². The lowest BCUT2D eigenvalue weighted by molar-refractivity contribution is 0.0290. The summed E-state index contributed by atoms with van der Waals surface area (Å²) in [6.45, 7) is 2.15. The fourth-order valence-electron chi connectivity index (χ4n) is 1.49. The molecule has 1 aliphatic heterocycles. The molecule has 0 aromatic heterocycles. The van der Waals surface area contributed by atoms with Gasteiger partial charge >= 0.3 is 0 Å². The van der Waals surface area contributed by atoms with Crippen LogP contribution in [0.5, 0.6) is 0 Å². The second-order valence-corrected chi connectivity index (χ2v) is 8.88. The van der Waals surface area contributed by atoms with Gasteiger partial charge in [0.25, 0.3) is 0 Å². The van der Waals surface area contributed by atoms with Gasteiger partial charge in [-0.25, -0.2) is 0 Å². The number of ether oxygens (including phenoxy) is 1. The largest absolute Gasteiger partial charge is 0.377 e. The van der Waals surface area contributed by atoms with Gasteiger partial charge in [-0.1, -0.05) is 11.2 Å². The lowest BCUT2D eigenvalue weighted by Crippen LogP contribution is -2.50. The van der Waals surface area contributed by atoms with Gasteiger partial charge in [-0.2, -0.15) is 10.0 Å². The number of nitrogens with two attached hydrogens (primary N) is 1. The molecule has 16 heavy (non-hydrogen) atoms. The van der Waals surface area contributed by atoms with Gasteiger partial charge in [-0.05, 0) is 31.0 Å². The molecule has 1 aliphatic rings. The zero-order valence-electron chi connectivity index (χ0n) is 10.2. The van der Waals surface area contributed by atoms with Crippen molar-refractivity contribution in [1.82, 2.24) is 4.90 Å². The van der Waals surface area contributed by atoms with E-state index >= 15 is 0 Å². The molecule has 0 aromatic carbocycles. The molecule has 0 aliphatic carbocycles. The molecular formula is C11H20N2OS2. The van der Waals surface area contributed by atoms with Gasteiger partial charge in [0.1, 0.15) is 0 Å². The molecule has 0 bridgehead atoms. The van der Waals surface area contributed by atoms with E-state index in [0.717, 1.165) is 13.0 Å². The third-order valence-corrected chi connectivity index (χ3v) is 3.22. The predicted molar refractivity (Wildman–Crippen MR) is 75.9 cm³/mol. The Labute approximate surface area is 105 Å². The van der Waals surface area contributed by atoms with Gasteiger partial charge in [0, 0.05) is 13.0 Å². The van der Waals surface area contributed by atoms with Crippen LogP contribution < -0.4 is 5.73 Å². The Hall–Kier alpha value is -0.440. The van der Waals surface area contributed by atoms with Crippen LogP contribution in [0.3, 0.4) is 0 Å². The van der Waals surface area contributed by atoms with Gasteiger partial charge in [-0.3, -0.25) is 0 Å². The average molecular weight is 260 g/mol. The maximum Gasteiger partial charge on any atom is 0.166 e. The second-order valence-electron chi connectivity index (χ2n) is 4.58. The van der Waals surface area contributed by atoms with Crippen LogP contribution in [0.4, 0.5) is 0 Å². The molecule has 2 N–H and O–H groups in total. The molecule has 1 fully saturated rings. The molecule has 1 rings (SSSR count). The van der Waals surface area contributed by atoms with E-state index in [1.165, 1.54) is 0 Å². The van der Waals surface area contributed by atoms with Crippen LogP contribution in [0.25, 0.3) is 0 Å². The highest BCUT2D eigenvalue weighted by Crippen LogP contribution is 2.32. The maximum absolute atomic E-state index is 5.67. The van der Waals surface area contributed by atoms with Crippen LogP contribution in [-0.2, 0) is 4.74 Å². The molecule has 1 unspecified atom stereocenters. The van der Waals surface area contributed by atoms with Crippen molar-refractivity contribution in [3.8, 4) is 11.2 Å². The van der Waals surface area contributed by atoms with Crippen LogP contribution >= 0.6 is 22.2 Å². The highest BCUT2D eigenvalue weighted by Gasteiger charge is 2.22. The summed E-state index contributed by atoms with van der Waals surface area (Å²) in [6.07, 6.45) is 7.33. The van der Waals surface area contributed by atoms with Crippen LogP contribution in [0.15, 0.2) is 0 Å². The maximum atomic E-state index is 5.67. The number of nitrogens with zero attached hydrogens (tertiary/aromatic N) is 1. The van der Waals surface area contributed by atoms with Crippen LogP contribution in [-0.4, -0.2) is 54.6 Å². The molecule has 5 heteroatoms. The molecule has 1 saturated heterocycles. The molecule has 1 atom stereocenters. The fraction of sp³-hybridized carbons (Fsp3) is 0.727. The Balaban J connectivity index is 2.56. The number of rotatable bonds is 1.